The normalized spacial score (nSPS) is 11.8. The largest absolute Gasteiger partial charge is 3.00 e. The van der Waals surface area contributed by atoms with Crippen molar-refractivity contribution in [3.63, 3.8) is 0 Å². The van der Waals surface area contributed by atoms with Crippen molar-refractivity contribution in [2.75, 3.05) is 0 Å². The summed E-state index contributed by atoms with van der Waals surface area (Å²) in [6, 6.07) is 29.9. The van der Waals surface area contributed by atoms with Crippen molar-refractivity contribution in [2.24, 2.45) is 0 Å². The van der Waals surface area contributed by atoms with Gasteiger partial charge in [-0.2, -0.15) is 0 Å². The summed E-state index contributed by atoms with van der Waals surface area (Å²) < 4.78 is 8.39. The minimum atomic E-state index is 0. The van der Waals surface area contributed by atoms with Gasteiger partial charge in [-0.05, 0) is 53.9 Å². The van der Waals surface area contributed by atoms with E-state index < -0.39 is 0 Å². The van der Waals surface area contributed by atoms with E-state index in [9.17, 15) is 0 Å². The molecule has 51 heavy (non-hydrogen) atoms. The summed E-state index contributed by atoms with van der Waals surface area (Å²) in [7, 11) is 0. The van der Waals surface area contributed by atoms with E-state index >= 15 is 0 Å². The molecule has 11 heteroatoms. The Balaban J connectivity index is 0.00000348. The van der Waals surface area contributed by atoms with E-state index in [1.807, 2.05) is 86.8 Å². The van der Waals surface area contributed by atoms with Gasteiger partial charge in [0.1, 0.15) is 0 Å². The van der Waals surface area contributed by atoms with Gasteiger partial charge in [0.05, 0.1) is 35.9 Å². The van der Waals surface area contributed by atoms with Crippen LogP contribution >= 0.6 is 0 Å². The monoisotopic (exact) mass is 842 g/mol. The molecule has 0 atom stereocenters. The maximum Gasteiger partial charge on any atom is 3.00 e. The number of rotatable bonds is 9. The molecule has 0 N–H and O–H groups in total. The van der Waals surface area contributed by atoms with Crippen LogP contribution in [0.2, 0.25) is 0 Å². The van der Waals surface area contributed by atoms with Gasteiger partial charge in [0.2, 0.25) is 0 Å². The molecule has 10 rings (SSSR count). The molecule has 0 unspecified atom stereocenters. The Morgan fingerprint density at radius 1 is 0.510 bits per heavy atom. The molecule has 0 spiro atoms. The van der Waals surface area contributed by atoms with Gasteiger partial charge in [0, 0.05) is 60.5 Å². The van der Waals surface area contributed by atoms with E-state index in [0.29, 0.717) is 0 Å². The minimum Gasteiger partial charge on any atom is -0.351 e. The van der Waals surface area contributed by atoms with Crippen LogP contribution in [0.4, 0.5) is 0 Å². The number of imidazole rings is 3. The van der Waals surface area contributed by atoms with Gasteiger partial charge in [-0.1, -0.05) is 16.2 Å². The first-order valence-corrected chi connectivity index (χ1v) is 16.8. The number of hydrogen-bond acceptors (Lipinski definition) is 6. The Labute approximate surface area is 305 Å². The van der Waals surface area contributed by atoms with Gasteiger partial charge < -0.3 is 17.8 Å². The first-order chi connectivity index (χ1) is 24.7. The van der Waals surface area contributed by atoms with Crippen molar-refractivity contribution < 1.29 is 20.1 Å². The average molecular weight is 842 g/mol. The standard InChI is InChI=1S/C40H29N10.Ir/c1-4-10-35-32(7-1)38-44-28(21-48(38)24-41-35)14-13-27-19-31(16-15-29-22-49-25-42-36-11-5-2-8-33(36)39(49)45-29)47(20-27)18-17-30-23-50-26-43-37-12-6-3-9-34(37)40(50)46-30;/h1-6,10-12,19-26H,13-18H2;/q-3;+3. The van der Waals surface area contributed by atoms with Crippen LogP contribution in [0.1, 0.15) is 28.3 Å². The van der Waals surface area contributed by atoms with Crippen LogP contribution in [0.5, 0.6) is 0 Å². The summed E-state index contributed by atoms with van der Waals surface area (Å²) in [4.78, 5) is 28.7. The maximum absolute atomic E-state index is 5.00. The Bertz CT molecular complexity index is 2730. The molecule has 10 nitrogen and oxygen atoms in total. The van der Waals surface area contributed by atoms with E-state index in [1.165, 1.54) is 11.3 Å². The van der Waals surface area contributed by atoms with Crippen LogP contribution in [0.15, 0.2) is 104 Å². The molecule has 0 amide bonds. The van der Waals surface area contributed by atoms with Crippen molar-refractivity contribution >= 4 is 49.7 Å². The quantitative estimate of drug-likeness (QED) is 0.159. The van der Waals surface area contributed by atoms with E-state index in [0.717, 1.165) is 105 Å². The molecule has 7 heterocycles. The molecule has 0 aliphatic rings. The number of benzene rings is 3. The predicted molar refractivity (Wildman–Crippen MR) is 191 cm³/mol. The second kappa shape index (κ2) is 12.8. The second-order valence-electron chi connectivity index (χ2n) is 12.7. The van der Waals surface area contributed by atoms with Gasteiger partial charge in [0.15, 0.2) is 0 Å². The van der Waals surface area contributed by atoms with Crippen LogP contribution < -0.4 is 0 Å². The first kappa shape index (κ1) is 31.2. The molecular formula is C40H29IrN10. The van der Waals surface area contributed by atoms with Gasteiger partial charge >= 0.3 is 20.1 Å². The van der Waals surface area contributed by atoms with Crippen LogP contribution in [0, 0.1) is 18.2 Å². The molecule has 3 aromatic carbocycles. The van der Waals surface area contributed by atoms with E-state index in [2.05, 4.69) is 68.6 Å². The van der Waals surface area contributed by atoms with Crippen molar-refractivity contribution in [3.05, 3.63) is 151 Å². The third-order valence-electron chi connectivity index (χ3n) is 9.44. The SMILES string of the molecule is [Ir+3].[c-]1cccc2ncn3cc(CCc4cc(CCc5cn6cnc7ccc[c-]c7c6n5)n(CCc5cn6cnc7ccc[c-]c7c6n5)c4)nc3c12. The van der Waals surface area contributed by atoms with E-state index in [1.54, 1.807) is 0 Å². The Morgan fingerprint density at radius 2 is 0.961 bits per heavy atom. The summed E-state index contributed by atoms with van der Waals surface area (Å²) >= 11 is 0. The molecule has 0 radical (unpaired) electrons. The number of aryl methyl sites for hydroxylation is 6. The van der Waals surface area contributed by atoms with Crippen LogP contribution in [-0.2, 0) is 58.8 Å². The molecule has 0 aliphatic carbocycles. The van der Waals surface area contributed by atoms with Crippen molar-refractivity contribution in [1.82, 2.24) is 47.7 Å². The summed E-state index contributed by atoms with van der Waals surface area (Å²) in [5, 5.41) is 2.82. The van der Waals surface area contributed by atoms with Crippen molar-refractivity contribution in [2.45, 2.75) is 38.6 Å². The molecule has 0 aliphatic heterocycles. The molecule has 0 bridgehead atoms. The fraction of sp³-hybridized carbons (Fsp3) is 0.150. The average Bonchev–Trinajstić information content (AvgIpc) is 3.96. The van der Waals surface area contributed by atoms with Crippen molar-refractivity contribution in [1.29, 1.82) is 0 Å². The summed E-state index contributed by atoms with van der Waals surface area (Å²) in [5.41, 5.74) is 11.0. The van der Waals surface area contributed by atoms with Crippen molar-refractivity contribution in [3.8, 4) is 0 Å². The second-order valence-corrected chi connectivity index (χ2v) is 12.7. The molecule has 0 saturated heterocycles. The van der Waals surface area contributed by atoms with E-state index in [-0.39, 0.29) is 20.1 Å². The Morgan fingerprint density at radius 3 is 1.45 bits per heavy atom. The number of aromatic nitrogens is 10. The Hall–Kier alpha value is -5.77. The Kier molecular flexibility index (Phi) is 7.86. The van der Waals surface area contributed by atoms with E-state index in [4.69, 9.17) is 15.0 Å². The molecule has 248 valence electrons. The van der Waals surface area contributed by atoms with Crippen LogP contribution in [0.3, 0.4) is 0 Å². The van der Waals surface area contributed by atoms with Gasteiger partial charge in [-0.3, -0.25) is 29.9 Å². The van der Waals surface area contributed by atoms with Crippen LogP contribution in [0.25, 0.3) is 49.7 Å². The fourth-order valence-corrected chi connectivity index (χ4v) is 6.97. The third kappa shape index (κ3) is 5.74. The summed E-state index contributed by atoms with van der Waals surface area (Å²) in [6.07, 6.45) is 18.2. The van der Waals surface area contributed by atoms with Crippen LogP contribution in [-0.4, -0.2) is 47.7 Å². The minimum absolute atomic E-state index is 0. The zero-order chi connectivity index (χ0) is 33.0. The van der Waals surface area contributed by atoms with Gasteiger partial charge in [-0.15, -0.1) is 72.8 Å². The summed E-state index contributed by atoms with van der Waals surface area (Å²) in [6.45, 7) is 0.810. The predicted octanol–water partition coefficient (Wildman–Crippen LogP) is 6.29. The molecule has 0 saturated carbocycles. The topological polar surface area (TPSA) is 95.5 Å². The molecular weight excluding hydrogens is 813 g/mol. The fourth-order valence-electron chi connectivity index (χ4n) is 6.97. The number of nitrogens with zero attached hydrogens (tertiary/aromatic N) is 10. The number of hydrogen-bond donors (Lipinski definition) is 0. The molecule has 7 aromatic heterocycles. The molecule has 0 fully saturated rings. The first-order valence-electron chi connectivity index (χ1n) is 16.8. The maximum atomic E-state index is 5.00. The summed E-state index contributed by atoms with van der Waals surface area (Å²) in [5.74, 6) is 0. The number of fused-ring (bicyclic) bond motifs is 9. The zero-order valence-electron chi connectivity index (χ0n) is 27.4. The van der Waals surface area contributed by atoms with Gasteiger partial charge in [-0.25, -0.2) is 0 Å². The zero-order valence-corrected chi connectivity index (χ0v) is 29.8. The van der Waals surface area contributed by atoms with Gasteiger partial charge in [0.25, 0.3) is 0 Å². The third-order valence-corrected chi connectivity index (χ3v) is 9.44. The molecule has 10 aromatic rings. The smallest absolute Gasteiger partial charge is 0.351 e.